The number of carbonyl (C=O) groups excluding carboxylic acids is 2. The Hall–Kier alpha value is -4.27. The highest BCUT2D eigenvalue weighted by Crippen LogP contribution is 2.33. The number of nitrogens with zero attached hydrogens (tertiary/aromatic N) is 4. The Morgan fingerprint density at radius 3 is 2.69 bits per heavy atom. The summed E-state index contributed by atoms with van der Waals surface area (Å²) < 4.78 is 20.8. The van der Waals surface area contributed by atoms with Crippen LogP contribution in [-0.4, -0.2) is 46.4 Å². The molecule has 1 N–H and O–H groups in total. The van der Waals surface area contributed by atoms with Gasteiger partial charge in [0.05, 0.1) is 30.3 Å². The van der Waals surface area contributed by atoms with Crippen molar-refractivity contribution in [3.8, 4) is 17.0 Å². The number of ether oxygens (including phenoxy) is 1. The van der Waals surface area contributed by atoms with E-state index in [1.54, 1.807) is 36.0 Å². The second-order valence-corrected chi connectivity index (χ2v) is 7.22. The Morgan fingerprint density at radius 1 is 1.09 bits per heavy atom. The summed E-state index contributed by atoms with van der Waals surface area (Å²) in [6.45, 7) is 0.591. The van der Waals surface area contributed by atoms with E-state index in [2.05, 4.69) is 15.3 Å². The maximum Gasteiger partial charge on any atom is 0.278 e. The van der Waals surface area contributed by atoms with Crippen LogP contribution < -0.4 is 15.0 Å². The zero-order valence-corrected chi connectivity index (χ0v) is 17.1. The van der Waals surface area contributed by atoms with Gasteiger partial charge in [-0.2, -0.15) is 0 Å². The fraction of sp³-hybridized carbons (Fsp3) is 0.130. The summed E-state index contributed by atoms with van der Waals surface area (Å²) in [5.41, 5.74) is 3.43. The zero-order chi connectivity index (χ0) is 22.2. The Labute approximate surface area is 182 Å². The van der Waals surface area contributed by atoms with E-state index < -0.39 is 5.82 Å². The lowest BCUT2D eigenvalue weighted by Crippen LogP contribution is -2.38. The van der Waals surface area contributed by atoms with Gasteiger partial charge in [-0.3, -0.25) is 14.0 Å². The summed E-state index contributed by atoms with van der Waals surface area (Å²) >= 11 is 0. The van der Waals surface area contributed by atoms with Crippen molar-refractivity contribution in [3.05, 3.63) is 78.1 Å². The summed E-state index contributed by atoms with van der Waals surface area (Å²) in [6.07, 6.45) is 4.85. The first-order valence-corrected chi connectivity index (χ1v) is 9.95. The average molecular weight is 431 g/mol. The lowest BCUT2D eigenvalue weighted by Gasteiger charge is -2.29. The van der Waals surface area contributed by atoms with Gasteiger partial charge in [-0.25, -0.2) is 14.4 Å². The molecular formula is C23H18FN5O3. The molecule has 3 heterocycles. The van der Waals surface area contributed by atoms with Gasteiger partial charge in [-0.1, -0.05) is 12.1 Å². The van der Waals surface area contributed by atoms with Gasteiger partial charge in [0.25, 0.3) is 11.8 Å². The molecule has 0 radical (unpaired) electrons. The Morgan fingerprint density at radius 2 is 1.91 bits per heavy atom. The number of anilines is 1. The fourth-order valence-electron chi connectivity index (χ4n) is 3.69. The predicted octanol–water partition coefficient (Wildman–Crippen LogP) is 2.93. The molecule has 8 nitrogen and oxygen atoms in total. The molecule has 0 fully saturated rings. The van der Waals surface area contributed by atoms with Gasteiger partial charge in [0.2, 0.25) is 0 Å². The maximum absolute atomic E-state index is 13.6. The predicted molar refractivity (Wildman–Crippen MR) is 115 cm³/mol. The number of benzene rings is 2. The molecule has 0 saturated heterocycles. The van der Waals surface area contributed by atoms with E-state index in [-0.39, 0.29) is 24.1 Å². The molecule has 9 heteroatoms. The second-order valence-electron chi connectivity index (χ2n) is 7.22. The highest BCUT2D eigenvalue weighted by Gasteiger charge is 2.26. The van der Waals surface area contributed by atoms with E-state index in [0.717, 1.165) is 11.3 Å². The number of halogens is 1. The van der Waals surface area contributed by atoms with E-state index in [9.17, 15) is 14.0 Å². The summed E-state index contributed by atoms with van der Waals surface area (Å²) in [6, 6.07) is 11.2. The summed E-state index contributed by atoms with van der Waals surface area (Å²) in [5, 5.41) is 2.59. The number of nitrogens with one attached hydrogen (secondary N) is 1. The van der Waals surface area contributed by atoms with Crippen LogP contribution in [0.4, 0.5) is 10.1 Å². The topological polar surface area (TPSA) is 88.8 Å². The molecule has 1 aliphatic rings. The van der Waals surface area contributed by atoms with Crippen LogP contribution >= 0.6 is 0 Å². The Kier molecular flexibility index (Phi) is 4.78. The molecule has 0 bridgehead atoms. The quantitative estimate of drug-likeness (QED) is 0.539. The molecule has 0 spiro atoms. The van der Waals surface area contributed by atoms with Crippen LogP contribution in [0.25, 0.3) is 16.9 Å². The van der Waals surface area contributed by atoms with Crippen molar-refractivity contribution in [1.82, 2.24) is 19.7 Å². The van der Waals surface area contributed by atoms with Crippen molar-refractivity contribution in [2.24, 2.45) is 0 Å². The third kappa shape index (κ3) is 3.33. The number of fused-ring (bicyclic) bond motifs is 2. The van der Waals surface area contributed by atoms with Gasteiger partial charge >= 0.3 is 0 Å². The van der Waals surface area contributed by atoms with Crippen LogP contribution in [0, 0.1) is 5.82 Å². The van der Waals surface area contributed by atoms with E-state index in [1.165, 1.54) is 29.3 Å². The molecule has 5 rings (SSSR count). The van der Waals surface area contributed by atoms with Gasteiger partial charge in [0, 0.05) is 30.4 Å². The SMILES string of the molecule is CNC(=O)c1ccc(-c2cnc3cnc(C(=O)N4CCOc5cc(F)ccc54)cn23)cc1. The number of hydrogen-bond acceptors (Lipinski definition) is 5. The molecule has 1 aliphatic heterocycles. The number of hydrogen-bond donors (Lipinski definition) is 1. The molecular weight excluding hydrogens is 413 g/mol. The third-order valence-corrected chi connectivity index (χ3v) is 5.32. The second kappa shape index (κ2) is 7.77. The van der Waals surface area contributed by atoms with Gasteiger partial charge in [0.15, 0.2) is 5.65 Å². The first-order chi connectivity index (χ1) is 15.5. The minimum Gasteiger partial charge on any atom is -0.489 e. The molecule has 2 aromatic carbocycles. The molecule has 2 aromatic heterocycles. The van der Waals surface area contributed by atoms with Gasteiger partial charge < -0.3 is 15.0 Å². The smallest absolute Gasteiger partial charge is 0.278 e. The summed E-state index contributed by atoms with van der Waals surface area (Å²) in [5.74, 6) is -0.594. The minimum atomic E-state index is -0.428. The van der Waals surface area contributed by atoms with Crippen molar-refractivity contribution >= 4 is 23.1 Å². The van der Waals surface area contributed by atoms with Crippen molar-refractivity contribution in [2.45, 2.75) is 0 Å². The van der Waals surface area contributed by atoms with E-state index in [0.29, 0.717) is 29.2 Å². The van der Waals surface area contributed by atoms with Gasteiger partial charge in [-0.15, -0.1) is 0 Å². The molecule has 0 atom stereocenters. The van der Waals surface area contributed by atoms with Crippen molar-refractivity contribution in [3.63, 3.8) is 0 Å². The van der Waals surface area contributed by atoms with E-state index >= 15 is 0 Å². The van der Waals surface area contributed by atoms with Crippen molar-refractivity contribution in [2.75, 3.05) is 25.1 Å². The van der Waals surface area contributed by atoms with Crippen LogP contribution in [0.5, 0.6) is 5.75 Å². The lowest BCUT2D eigenvalue weighted by molar-refractivity contribution is 0.0958. The van der Waals surface area contributed by atoms with Gasteiger partial charge in [0.1, 0.15) is 23.9 Å². The van der Waals surface area contributed by atoms with Crippen LogP contribution in [0.1, 0.15) is 20.8 Å². The normalized spacial score (nSPS) is 12.9. The Balaban J connectivity index is 1.51. The largest absolute Gasteiger partial charge is 0.489 e. The van der Waals surface area contributed by atoms with Crippen LogP contribution in [0.15, 0.2) is 61.1 Å². The number of amides is 2. The van der Waals surface area contributed by atoms with Crippen LogP contribution in [0.2, 0.25) is 0 Å². The Bertz CT molecular complexity index is 1350. The first kappa shape index (κ1) is 19.7. The molecule has 0 saturated carbocycles. The average Bonchev–Trinajstić information content (AvgIpc) is 3.26. The molecule has 4 aromatic rings. The van der Waals surface area contributed by atoms with Crippen LogP contribution in [-0.2, 0) is 0 Å². The lowest BCUT2D eigenvalue weighted by atomic mass is 10.1. The number of imidazole rings is 1. The van der Waals surface area contributed by atoms with Crippen molar-refractivity contribution in [1.29, 1.82) is 0 Å². The minimum absolute atomic E-state index is 0.169. The highest BCUT2D eigenvalue weighted by atomic mass is 19.1. The maximum atomic E-state index is 13.6. The summed E-state index contributed by atoms with van der Waals surface area (Å²) in [4.78, 5) is 35.2. The first-order valence-electron chi connectivity index (χ1n) is 9.95. The molecule has 2 amide bonds. The van der Waals surface area contributed by atoms with Crippen molar-refractivity contribution < 1.29 is 18.7 Å². The van der Waals surface area contributed by atoms with E-state index in [1.807, 2.05) is 12.1 Å². The molecule has 32 heavy (non-hydrogen) atoms. The highest BCUT2D eigenvalue weighted by molar-refractivity contribution is 6.06. The molecule has 0 aliphatic carbocycles. The van der Waals surface area contributed by atoms with Gasteiger partial charge in [-0.05, 0) is 24.3 Å². The number of rotatable bonds is 3. The zero-order valence-electron chi connectivity index (χ0n) is 17.1. The number of aromatic nitrogens is 3. The van der Waals surface area contributed by atoms with Crippen LogP contribution in [0.3, 0.4) is 0 Å². The van der Waals surface area contributed by atoms with E-state index in [4.69, 9.17) is 4.74 Å². The summed E-state index contributed by atoms with van der Waals surface area (Å²) in [7, 11) is 1.58. The third-order valence-electron chi connectivity index (χ3n) is 5.32. The fourth-order valence-corrected chi connectivity index (χ4v) is 3.69. The molecule has 0 unspecified atom stereocenters. The number of carbonyl (C=O) groups is 2. The molecule has 160 valence electrons. The monoisotopic (exact) mass is 431 g/mol. The standard InChI is InChI=1S/C23H18FN5O3/c1-25-22(30)15-4-2-14(3-5-15)19-11-27-21-12-26-17(13-29(19)21)23(31)28-8-9-32-20-10-16(24)6-7-18(20)28/h2-7,10-13H,8-9H2,1H3,(H,25,30).